The molecule has 2 bridgehead atoms. The van der Waals surface area contributed by atoms with Crippen molar-refractivity contribution < 1.29 is 5.11 Å². The van der Waals surface area contributed by atoms with E-state index >= 15 is 0 Å². The van der Waals surface area contributed by atoms with Crippen LogP contribution in [0.25, 0.3) is 0 Å². The lowest BCUT2D eigenvalue weighted by atomic mass is 9.83. The molecule has 86 valence electrons. The van der Waals surface area contributed by atoms with E-state index in [2.05, 4.69) is 11.8 Å². The molecule has 0 amide bonds. The molecule has 1 saturated heterocycles. The van der Waals surface area contributed by atoms with E-state index in [1.807, 2.05) is 0 Å². The van der Waals surface area contributed by atoms with Crippen molar-refractivity contribution in [3.8, 4) is 0 Å². The van der Waals surface area contributed by atoms with Gasteiger partial charge in [0, 0.05) is 18.6 Å². The Kier molecular flexibility index (Phi) is 2.52. The molecule has 1 heterocycles. The molecule has 3 rings (SSSR count). The van der Waals surface area contributed by atoms with Gasteiger partial charge in [0.25, 0.3) is 0 Å². The quantitative estimate of drug-likeness (QED) is 0.714. The Morgan fingerprint density at radius 3 is 2.60 bits per heavy atom. The topological polar surface area (TPSA) is 23.5 Å². The van der Waals surface area contributed by atoms with E-state index in [1.165, 1.54) is 38.6 Å². The number of piperidine rings is 1. The van der Waals surface area contributed by atoms with Crippen molar-refractivity contribution in [2.45, 2.75) is 63.6 Å². The Bertz CT molecular complexity index is 243. The van der Waals surface area contributed by atoms with Crippen molar-refractivity contribution in [2.75, 3.05) is 6.54 Å². The highest BCUT2D eigenvalue weighted by Crippen LogP contribution is 2.41. The predicted molar refractivity (Wildman–Crippen MR) is 60.6 cm³/mol. The molecule has 0 aromatic carbocycles. The first-order valence-electron chi connectivity index (χ1n) is 6.68. The van der Waals surface area contributed by atoms with Gasteiger partial charge in [-0.2, -0.15) is 0 Å². The molecule has 15 heavy (non-hydrogen) atoms. The summed E-state index contributed by atoms with van der Waals surface area (Å²) >= 11 is 0. The Hall–Kier alpha value is -0.0800. The van der Waals surface area contributed by atoms with E-state index < -0.39 is 0 Å². The molecule has 2 nitrogen and oxygen atoms in total. The summed E-state index contributed by atoms with van der Waals surface area (Å²) in [6.07, 6.45) is 7.68. The SMILES string of the molecule is CC1CCC(O)C(N2CC3CCC2C3)C1. The van der Waals surface area contributed by atoms with Crippen LogP contribution < -0.4 is 0 Å². The maximum absolute atomic E-state index is 10.1. The van der Waals surface area contributed by atoms with Crippen molar-refractivity contribution in [3.05, 3.63) is 0 Å². The van der Waals surface area contributed by atoms with Crippen LogP contribution in [0.4, 0.5) is 0 Å². The van der Waals surface area contributed by atoms with Gasteiger partial charge in [-0.3, -0.25) is 4.90 Å². The average Bonchev–Trinajstić information content (AvgIpc) is 2.83. The first-order valence-corrected chi connectivity index (χ1v) is 6.68. The van der Waals surface area contributed by atoms with E-state index in [9.17, 15) is 5.11 Å². The van der Waals surface area contributed by atoms with Gasteiger partial charge in [0.1, 0.15) is 0 Å². The summed E-state index contributed by atoms with van der Waals surface area (Å²) in [6, 6.07) is 1.31. The first-order chi connectivity index (χ1) is 7.24. The van der Waals surface area contributed by atoms with E-state index in [1.54, 1.807) is 0 Å². The lowest BCUT2D eigenvalue weighted by Crippen LogP contribution is -2.50. The Balaban J connectivity index is 1.70. The molecule has 0 aromatic heterocycles. The van der Waals surface area contributed by atoms with Crippen LogP contribution in [0.1, 0.15) is 45.4 Å². The van der Waals surface area contributed by atoms with E-state index in [0.29, 0.717) is 6.04 Å². The molecule has 5 atom stereocenters. The van der Waals surface area contributed by atoms with Crippen LogP contribution in [0, 0.1) is 11.8 Å². The number of rotatable bonds is 1. The summed E-state index contributed by atoms with van der Waals surface area (Å²) in [6.45, 7) is 3.62. The number of hydrogen-bond acceptors (Lipinski definition) is 2. The van der Waals surface area contributed by atoms with Gasteiger partial charge in [-0.25, -0.2) is 0 Å². The van der Waals surface area contributed by atoms with Gasteiger partial charge >= 0.3 is 0 Å². The van der Waals surface area contributed by atoms with Gasteiger partial charge in [0.2, 0.25) is 0 Å². The Morgan fingerprint density at radius 2 is 1.93 bits per heavy atom. The van der Waals surface area contributed by atoms with Crippen molar-refractivity contribution in [1.29, 1.82) is 0 Å². The number of fused-ring (bicyclic) bond motifs is 2. The van der Waals surface area contributed by atoms with Gasteiger partial charge in [-0.05, 0) is 50.4 Å². The molecule has 1 N–H and O–H groups in total. The highest BCUT2D eigenvalue weighted by Gasteiger charge is 2.44. The van der Waals surface area contributed by atoms with Gasteiger partial charge in [0.05, 0.1) is 6.10 Å². The van der Waals surface area contributed by atoms with Crippen LogP contribution in [0.3, 0.4) is 0 Å². The second kappa shape index (κ2) is 3.74. The Labute approximate surface area is 92.7 Å². The lowest BCUT2D eigenvalue weighted by molar-refractivity contribution is -0.00774. The number of aliphatic hydroxyl groups is 1. The smallest absolute Gasteiger partial charge is 0.0695 e. The molecule has 5 unspecified atom stereocenters. The van der Waals surface area contributed by atoms with E-state index in [-0.39, 0.29) is 6.10 Å². The molecule has 1 aliphatic heterocycles. The second-order valence-electron chi connectivity index (χ2n) is 6.08. The molecule has 3 fully saturated rings. The van der Waals surface area contributed by atoms with Crippen LogP contribution >= 0.6 is 0 Å². The zero-order valence-electron chi connectivity index (χ0n) is 9.73. The molecular weight excluding hydrogens is 186 g/mol. The van der Waals surface area contributed by atoms with Gasteiger partial charge in [-0.15, -0.1) is 0 Å². The number of aliphatic hydroxyl groups excluding tert-OH is 1. The maximum Gasteiger partial charge on any atom is 0.0695 e. The summed E-state index contributed by atoms with van der Waals surface area (Å²) in [5, 5.41) is 10.1. The summed E-state index contributed by atoms with van der Waals surface area (Å²) < 4.78 is 0. The summed E-state index contributed by atoms with van der Waals surface area (Å²) in [5.41, 5.74) is 0. The number of hydrogen-bond donors (Lipinski definition) is 1. The zero-order valence-corrected chi connectivity index (χ0v) is 9.73. The molecule has 0 spiro atoms. The molecule has 2 aliphatic carbocycles. The fourth-order valence-corrected chi connectivity index (χ4v) is 4.06. The standard InChI is InChI=1S/C13H23NO/c1-9-2-5-13(15)12(6-9)14-8-10-3-4-11(14)7-10/h9-13,15H,2-8H2,1H3. The largest absolute Gasteiger partial charge is 0.391 e. The van der Waals surface area contributed by atoms with Gasteiger partial charge in [0.15, 0.2) is 0 Å². The third-order valence-electron chi connectivity index (χ3n) is 4.92. The minimum atomic E-state index is -0.0412. The van der Waals surface area contributed by atoms with Crippen LogP contribution in [-0.2, 0) is 0 Å². The minimum Gasteiger partial charge on any atom is -0.391 e. The highest BCUT2D eigenvalue weighted by molar-refractivity contribution is 4.98. The van der Waals surface area contributed by atoms with E-state index in [4.69, 9.17) is 0 Å². The lowest BCUT2D eigenvalue weighted by Gasteiger charge is -2.42. The summed E-state index contributed by atoms with van der Waals surface area (Å²) in [5.74, 6) is 1.77. The van der Waals surface area contributed by atoms with Crippen LogP contribution in [0.15, 0.2) is 0 Å². The van der Waals surface area contributed by atoms with Crippen molar-refractivity contribution in [3.63, 3.8) is 0 Å². The monoisotopic (exact) mass is 209 g/mol. The summed E-state index contributed by atoms with van der Waals surface area (Å²) in [4.78, 5) is 2.65. The zero-order chi connectivity index (χ0) is 10.4. The average molecular weight is 209 g/mol. The fourth-order valence-electron chi connectivity index (χ4n) is 4.06. The van der Waals surface area contributed by atoms with Crippen LogP contribution in [0.2, 0.25) is 0 Å². The summed E-state index contributed by atoms with van der Waals surface area (Å²) in [7, 11) is 0. The number of nitrogens with zero attached hydrogens (tertiary/aromatic N) is 1. The fraction of sp³-hybridized carbons (Fsp3) is 1.00. The maximum atomic E-state index is 10.1. The third-order valence-corrected chi connectivity index (χ3v) is 4.92. The second-order valence-corrected chi connectivity index (χ2v) is 6.08. The molecule has 2 saturated carbocycles. The van der Waals surface area contributed by atoms with Crippen molar-refractivity contribution >= 4 is 0 Å². The van der Waals surface area contributed by atoms with Crippen LogP contribution in [0.5, 0.6) is 0 Å². The molecule has 2 heteroatoms. The Morgan fingerprint density at radius 1 is 1.07 bits per heavy atom. The highest BCUT2D eigenvalue weighted by atomic mass is 16.3. The molecule has 0 aromatic rings. The first kappa shape index (κ1) is 10.1. The third kappa shape index (κ3) is 1.72. The van der Waals surface area contributed by atoms with Crippen molar-refractivity contribution in [1.82, 2.24) is 4.90 Å². The van der Waals surface area contributed by atoms with Gasteiger partial charge < -0.3 is 5.11 Å². The molecular formula is C13H23NO. The number of likely N-dealkylation sites (tertiary alicyclic amines) is 1. The van der Waals surface area contributed by atoms with E-state index in [0.717, 1.165) is 24.3 Å². The molecule has 3 aliphatic rings. The van der Waals surface area contributed by atoms with Crippen molar-refractivity contribution in [2.24, 2.45) is 11.8 Å². The normalized spacial score (nSPS) is 51.2. The molecule has 0 radical (unpaired) electrons. The minimum absolute atomic E-state index is 0.0412. The predicted octanol–water partition coefficient (Wildman–Crippen LogP) is 2.02. The van der Waals surface area contributed by atoms with Crippen LogP contribution in [-0.4, -0.2) is 34.7 Å². The van der Waals surface area contributed by atoms with Gasteiger partial charge in [-0.1, -0.05) is 6.92 Å².